The first-order valence-electron chi connectivity index (χ1n) is 9.45. The van der Waals surface area contributed by atoms with E-state index in [-0.39, 0.29) is 11.8 Å². The molecule has 3 rings (SSSR count). The molecule has 0 fully saturated rings. The van der Waals surface area contributed by atoms with Crippen LogP contribution in [-0.2, 0) is 16.0 Å². The van der Waals surface area contributed by atoms with Crippen molar-refractivity contribution in [2.24, 2.45) is 0 Å². The summed E-state index contributed by atoms with van der Waals surface area (Å²) < 4.78 is 0. The molecule has 1 aliphatic carbocycles. The van der Waals surface area contributed by atoms with Gasteiger partial charge in [-0.05, 0) is 67.5 Å². The number of aliphatic carboxylic acids is 1. The molecule has 2 aromatic carbocycles. The highest BCUT2D eigenvalue weighted by atomic mass is 16.4. The molecule has 2 unspecified atom stereocenters. The lowest BCUT2D eigenvalue weighted by atomic mass is 9.81. The topological polar surface area (TPSA) is 95.5 Å². The quantitative estimate of drug-likeness (QED) is 0.716. The standard InChI is InChI=1S/C22H24N2O4/c1-14(22(27)28)23-21(26)16-9-11-18(12-10-16)24-20(25)13-17-7-4-6-15-5-2-3-8-19(15)17/h2-3,5,8-12,14,17H,4,6-7,13H2,1H3,(H,23,26)(H,24,25)(H,27,28). The molecule has 2 aromatic rings. The van der Waals surface area contributed by atoms with Crippen LogP contribution in [0.1, 0.15) is 53.6 Å². The van der Waals surface area contributed by atoms with E-state index in [4.69, 9.17) is 5.11 Å². The molecule has 6 nitrogen and oxygen atoms in total. The number of benzene rings is 2. The van der Waals surface area contributed by atoms with Gasteiger partial charge in [-0.25, -0.2) is 0 Å². The van der Waals surface area contributed by atoms with Gasteiger partial charge in [-0.2, -0.15) is 0 Å². The summed E-state index contributed by atoms with van der Waals surface area (Å²) in [5.74, 6) is -1.39. The van der Waals surface area contributed by atoms with E-state index in [0.29, 0.717) is 17.7 Å². The SMILES string of the molecule is CC(NC(=O)c1ccc(NC(=O)CC2CCCc3ccccc32)cc1)C(=O)O. The molecule has 2 amide bonds. The lowest BCUT2D eigenvalue weighted by molar-refractivity contribution is -0.138. The molecule has 0 heterocycles. The highest BCUT2D eigenvalue weighted by Gasteiger charge is 2.22. The molecule has 0 radical (unpaired) electrons. The number of anilines is 1. The molecule has 3 N–H and O–H groups in total. The zero-order valence-corrected chi connectivity index (χ0v) is 15.8. The summed E-state index contributed by atoms with van der Waals surface area (Å²) in [5, 5.41) is 14.1. The minimum absolute atomic E-state index is 0.0570. The Kier molecular flexibility index (Phi) is 6.09. The fourth-order valence-corrected chi connectivity index (χ4v) is 3.55. The highest BCUT2D eigenvalue weighted by molar-refractivity contribution is 5.97. The first-order chi connectivity index (χ1) is 13.4. The van der Waals surface area contributed by atoms with Crippen LogP contribution in [0.25, 0.3) is 0 Å². The summed E-state index contributed by atoms with van der Waals surface area (Å²) >= 11 is 0. The van der Waals surface area contributed by atoms with Crippen LogP contribution in [0, 0.1) is 0 Å². The van der Waals surface area contributed by atoms with Crippen molar-refractivity contribution in [1.29, 1.82) is 0 Å². The third-order valence-electron chi connectivity index (χ3n) is 5.07. The highest BCUT2D eigenvalue weighted by Crippen LogP contribution is 2.34. The Morgan fingerprint density at radius 1 is 1.11 bits per heavy atom. The van der Waals surface area contributed by atoms with Crippen LogP contribution in [0.15, 0.2) is 48.5 Å². The Bertz CT molecular complexity index is 876. The average molecular weight is 380 g/mol. The minimum atomic E-state index is -1.10. The van der Waals surface area contributed by atoms with Crippen LogP contribution in [-0.4, -0.2) is 28.9 Å². The third kappa shape index (κ3) is 4.76. The fourth-order valence-electron chi connectivity index (χ4n) is 3.55. The molecule has 0 spiro atoms. The second-order valence-electron chi connectivity index (χ2n) is 7.15. The Hall–Kier alpha value is -3.15. The van der Waals surface area contributed by atoms with Gasteiger partial charge in [0.2, 0.25) is 5.91 Å². The zero-order chi connectivity index (χ0) is 20.1. The smallest absolute Gasteiger partial charge is 0.325 e. The third-order valence-corrected chi connectivity index (χ3v) is 5.07. The van der Waals surface area contributed by atoms with E-state index in [1.165, 1.54) is 18.1 Å². The van der Waals surface area contributed by atoms with Gasteiger partial charge in [0.25, 0.3) is 5.91 Å². The molecule has 146 valence electrons. The maximum atomic E-state index is 12.5. The molecular formula is C22H24N2O4. The van der Waals surface area contributed by atoms with Crippen molar-refractivity contribution >= 4 is 23.5 Å². The van der Waals surface area contributed by atoms with E-state index in [2.05, 4.69) is 22.8 Å². The van der Waals surface area contributed by atoms with Crippen LogP contribution in [0.4, 0.5) is 5.69 Å². The number of nitrogens with one attached hydrogen (secondary N) is 2. The number of hydrogen-bond acceptors (Lipinski definition) is 3. The lowest BCUT2D eigenvalue weighted by Gasteiger charge is -2.25. The molecule has 6 heteroatoms. The van der Waals surface area contributed by atoms with Gasteiger partial charge in [-0.3, -0.25) is 14.4 Å². The summed E-state index contributed by atoms with van der Waals surface area (Å²) in [6.07, 6.45) is 3.59. The van der Waals surface area contributed by atoms with E-state index in [9.17, 15) is 14.4 Å². The monoisotopic (exact) mass is 380 g/mol. The molecule has 1 aliphatic rings. The molecule has 0 bridgehead atoms. The summed E-state index contributed by atoms with van der Waals surface area (Å²) in [7, 11) is 0. The molecule has 2 atom stereocenters. The predicted molar refractivity (Wildman–Crippen MR) is 106 cm³/mol. The minimum Gasteiger partial charge on any atom is -0.480 e. The number of carbonyl (C=O) groups is 3. The van der Waals surface area contributed by atoms with Crippen molar-refractivity contribution in [1.82, 2.24) is 5.32 Å². The van der Waals surface area contributed by atoms with Gasteiger partial charge in [0.05, 0.1) is 0 Å². The number of hydrogen-bond donors (Lipinski definition) is 3. The van der Waals surface area contributed by atoms with Gasteiger partial charge >= 0.3 is 5.97 Å². The molecule has 0 aliphatic heterocycles. The number of fused-ring (bicyclic) bond motifs is 1. The van der Waals surface area contributed by atoms with Crippen LogP contribution in [0.5, 0.6) is 0 Å². The fraction of sp³-hybridized carbons (Fsp3) is 0.318. The molecular weight excluding hydrogens is 356 g/mol. The van der Waals surface area contributed by atoms with Crippen molar-refractivity contribution in [3.05, 3.63) is 65.2 Å². The number of amides is 2. The summed E-state index contributed by atoms with van der Waals surface area (Å²) in [6.45, 7) is 1.40. The molecule has 28 heavy (non-hydrogen) atoms. The van der Waals surface area contributed by atoms with Crippen molar-refractivity contribution in [2.45, 2.75) is 44.6 Å². The van der Waals surface area contributed by atoms with Crippen LogP contribution in [0.3, 0.4) is 0 Å². The largest absolute Gasteiger partial charge is 0.480 e. The average Bonchev–Trinajstić information content (AvgIpc) is 2.68. The van der Waals surface area contributed by atoms with Gasteiger partial charge in [-0.15, -0.1) is 0 Å². The normalized spacial score (nSPS) is 16.5. The number of carboxylic acids is 1. The van der Waals surface area contributed by atoms with E-state index >= 15 is 0 Å². The second-order valence-corrected chi connectivity index (χ2v) is 7.15. The van der Waals surface area contributed by atoms with Crippen LogP contribution in [0.2, 0.25) is 0 Å². The van der Waals surface area contributed by atoms with E-state index in [1.54, 1.807) is 24.3 Å². The number of aryl methyl sites for hydroxylation is 1. The van der Waals surface area contributed by atoms with E-state index in [1.807, 2.05) is 12.1 Å². The van der Waals surface area contributed by atoms with Crippen molar-refractivity contribution in [3.8, 4) is 0 Å². The Morgan fingerprint density at radius 3 is 2.54 bits per heavy atom. The summed E-state index contributed by atoms with van der Waals surface area (Å²) in [4.78, 5) is 35.3. The first kappa shape index (κ1) is 19.6. The molecule has 0 saturated heterocycles. The van der Waals surface area contributed by atoms with Gasteiger partial charge in [0.1, 0.15) is 6.04 Å². The number of carbonyl (C=O) groups excluding carboxylic acids is 2. The number of rotatable bonds is 6. The van der Waals surface area contributed by atoms with Crippen LogP contribution >= 0.6 is 0 Å². The van der Waals surface area contributed by atoms with Gasteiger partial charge in [0, 0.05) is 17.7 Å². The van der Waals surface area contributed by atoms with Crippen LogP contribution < -0.4 is 10.6 Å². The molecule has 0 aromatic heterocycles. The van der Waals surface area contributed by atoms with Gasteiger partial charge in [0.15, 0.2) is 0 Å². The first-order valence-corrected chi connectivity index (χ1v) is 9.45. The van der Waals surface area contributed by atoms with E-state index < -0.39 is 17.9 Å². The lowest BCUT2D eigenvalue weighted by Crippen LogP contribution is -2.38. The Balaban J connectivity index is 1.58. The maximum absolute atomic E-state index is 12.5. The van der Waals surface area contributed by atoms with Gasteiger partial charge in [-0.1, -0.05) is 24.3 Å². The molecule has 0 saturated carbocycles. The maximum Gasteiger partial charge on any atom is 0.325 e. The van der Waals surface area contributed by atoms with Gasteiger partial charge < -0.3 is 15.7 Å². The predicted octanol–water partition coefficient (Wildman–Crippen LogP) is 3.34. The van der Waals surface area contributed by atoms with Crippen molar-refractivity contribution < 1.29 is 19.5 Å². The van der Waals surface area contributed by atoms with E-state index in [0.717, 1.165) is 19.3 Å². The second kappa shape index (κ2) is 8.69. The zero-order valence-electron chi connectivity index (χ0n) is 15.8. The Labute approximate surface area is 164 Å². The summed E-state index contributed by atoms with van der Waals surface area (Å²) in [6, 6.07) is 13.8. The Morgan fingerprint density at radius 2 is 1.82 bits per heavy atom. The number of carboxylic acid groups (broad SMARTS) is 1. The summed E-state index contributed by atoms with van der Waals surface area (Å²) in [5.41, 5.74) is 3.55. The van der Waals surface area contributed by atoms with Crippen molar-refractivity contribution in [3.63, 3.8) is 0 Å². The van der Waals surface area contributed by atoms with Crippen molar-refractivity contribution in [2.75, 3.05) is 5.32 Å².